The van der Waals surface area contributed by atoms with Crippen molar-refractivity contribution in [3.8, 4) is 10.4 Å². The van der Waals surface area contributed by atoms with Crippen molar-refractivity contribution in [3.05, 3.63) is 29.5 Å². The number of aliphatic hydroxyl groups excluding tert-OH is 1. The van der Waals surface area contributed by atoms with Gasteiger partial charge in [0.15, 0.2) is 15.0 Å². The minimum absolute atomic E-state index is 0.0242. The van der Waals surface area contributed by atoms with Gasteiger partial charge in [0.25, 0.3) is 0 Å². The highest BCUT2D eigenvalue weighted by Crippen LogP contribution is 2.39. The van der Waals surface area contributed by atoms with Crippen LogP contribution >= 0.6 is 11.3 Å². The lowest BCUT2D eigenvalue weighted by Crippen LogP contribution is -2.29. The van der Waals surface area contributed by atoms with Gasteiger partial charge >= 0.3 is 12.2 Å². The predicted molar refractivity (Wildman–Crippen MR) is 104 cm³/mol. The molecule has 0 saturated heterocycles. The summed E-state index contributed by atoms with van der Waals surface area (Å²) < 4.78 is 63.5. The predicted octanol–water partition coefficient (Wildman–Crippen LogP) is 3.43. The number of halogens is 3. The van der Waals surface area contributed by atoms with Crippen LogP contribution in [0.3, 0.4) is 0 Å². The number of hydrogen-bond donors (Lipinski definition) is 3. The van der Waals surface area contributed by atoms with Gasteiger partial charge in [0, 0.05) is 19.4 Å². The highest BCUT2D eigenvalue weighted by atomic mass is 32.2. The number of aromatic nitrogens is 1. The van der Waals surface area contributed by atoms with Crippen molar-refractivity contribution in [1.82, 2.24) is 10.3 Å². The van der Waals surface area contributed by atoms with E-state index >= 15 is 0 Å². The van der Waals surface area contributed by atoms with Crippen molar-refractivity contribution >= 4 is 32.3 Å². The topological polar surface area (TPSA) is 108 Å². The summed E-state index contributed by atoms with van der Waals surface area (Å²) in [6, 6.07) is 2.46. The molecular formula is C17H20F3N3O4S2. The lowest BCUT2D eigenvalue weighted by atomic mass is 10.1. The van der Waals surface area contributed by atoms with E-state index in [1.54, 1.807) is 6.92 Å². The Morgan fingerprint density at radius 1 is 1.28 bits per heavy atom. The van der Waals surface area contributed by atoms with E-state index in [0.29, 0.717) is 30.0 Å². The summed E-state index contributed by atoms with van der Waals surface area (Å²) in [7, 11) is -4.06. The van der Waals surface area contributed by atoms with Crippen LogP contribution in [0, 0.1) is 6.92 Å². The molecule has 0 spiro atoms. The standard InChI is InChI=1S/C17H20F3N3O4S2/c1-10-14(28-16(22-10)23-15(25)21-7-3-4-8-24)11-5-6-13(29(2,26)27)12(9-11)17(18,19)20/h5-6,9,24H,3-4,7-8H2,1-2H3,(H2,21,22,23,25). The molecule has 0 radical (unpaired) electrons. The number of nitrogens with zero attached hydrogens (tertiary/aromatic N) is 1. The fraction of sp³-hybridized carbons (Fsp3) is 0.412. The number of unbranched alkanes of at least 4 members (excludes halogenated alkanes) is 1. The van der Waals surface area contributed by atoms with Crippen molar-refractivity contribution in [1.29, 1.82) is 0 Å². The molecule has 3 N–H and O–H groups in total. The summed E-state index contributed by atoms with van der Waals surface area (Å²) in [6.07, 6.45) is -2.98. The Bertz CT molecular complexity index is 988. The number of rotatable bonds is 7. The van der Waals surface area contributed by atoms with E-state index < -0.39 is 32.5 Å². The maximum absolute atomic E-state index is 13.4. The first-order valence-electron chi connectivity index (χ1n) is 8.48. The van der Waals surface area contributed by atoms with E-state index in [2.05, 4.69) is 15.6 Å². The van der Waals surface area contributed by atoms with Crippen LogP contribution in [0.4, 0.5) is 23.1 Å². The SMILES string of the molecule is Cc1nc(NC(=O)NCCCCO)sc1-c1ccc(S(C)(=O)=O)c(C(F)(F)F)c1. The molecular weight excluding hydrogens is 431 g/mol. The van der Waals surface area contributed by atoms with Crippen LogP contribution < -0.4 is 10.6 Å². The summed E-state index contributed by atoms with van der Waals surface area (Å²) in [6.45, 7) is 1.95. The second kappa shape index (κ2) is 9.09. The molecule has 0 saturated carbocycles. The number of carbonyl (C=O) groups excluding carboxylic acids is 1. The van der Waals surface area contributed by atoms with Gasteiger partial charge in [-0.05, 0) is 37.5 Å². The zero-order valence-electron chi connectivity index (χ0n) is 15.6. The monoisotopic (exact) mass is 451 g/mol. The molecule has 2 aromatic rings. The zero-order valence-corrected chi connectivity index (χ0v) is 17.3. The Labute approximate surface area is 169 Å². The van der Waals surface area contributed by atoms with Gasteiger partial charge in [0.2, 0.25) is 0 Å². The highest BCUT2D eigenvalue weighted by molar-refractivity contribution is 7.90. The first-order chi connectivity index (χ1) is 13.4. The molecule has 1 aromatic carbocycles. The maximum atomic E-state index is 13.4. The molecule has 29 heavy (non-hydrogen) atoms. The lowest BCUT2D eigenvalue weighted by molar-refractivity contribution is -0.139. The number of nitrogens with one attached hydrogen (secondary N) is 2. The number of benzene rings is 1. The van der Waals surface area contributed by atoms with Gasteiger partial charge in [0.1, 0.15) is 0 Å². The van der Waals surface area contributed by atoms with Gasteiger partial charge in [-0.3, -0.25) is 5.32 Å². The minimum Gasteiger partial charge on any atom is -0.396 e. The van der Waals surface area contributed by atoms with Crippen LogP contribution in [0.1, 0.15) is 24.1 Å². The molecule has 0 fully saturated rings. The number of hydrogen-bond acceptors (Lipinski definition) is 6. The fourth-order valence-corrected chi connectivity index (χ4v) is 4.36. The summed E-state index contributed by atoms with van der Waals surface area (Å²) in [5.74, 6) is 0. The number of amides is 2. The van der Waals surface area contributed by atoms with Crippen LogP contribution in [0.25, 0.3) is 10.4 Å². The Hall–Kier alpha value is -2.18. The summed E-state index contributed by atoms with van der Waals surface area (Å²) in [5.41, 5.74) is -0.705. The molecule has 160 valence electrons. The number of sulfone groups is 1. The maximum Gasteiger partial charge on any atom is 0.417 e. The third-order valence-electron chi connectivity index (χ3n) is 3.83. The third-order valence-corrected chi connectivity index (χ3v) is 6.11. The van der Waals surface area contributed by atoms with Crippen molar-refractivity contribution in [2.75, 3.05) is 24.7 Å². The van der Waals surface area contributed by atoms with Crippen LogP contribution in [0.5, 0.6) is 0 Å². The summed E-state index contributed by atoms with van der Waals surface area (Å²) in [4.78, 5) is 15.6. The number of aryl methyl sites for hydroxylation is 1. The van der Waals surface area contributed by atoms with Gasteiger partial charge in [-0.25, -0.2) is 18.2 Å². The molecule has 0 aliphatic carbocycles. The fourth-order valence-electron chi connectivity index (χ4n) is 2.51. The van der Waals surface area contributed by atoms with Crippen LogP contribution in [-0.4, -0.2) is 43.9 Å². The van der Waals surface area contributed by atoms with Crippen molar-refractivity contribution < 1.29 is 31.5 Å². The molecule has 1 heterocycles. The third kappa shape index (κ3) is 6.15. The summed E-state index contributed by atoms with van der Waals surface area (Å²) in [5, 5.41) is 14.0. The molecule has 0 atom stereocenters. The van der Waals surface area contributed by atoms with Crippen molar-refractivity contribution in [2.24, 2.45) is 0 Å². The minimum atomic E-state index is -4.84. The van der Waals surface area contributed by atoms with E-state index in [-0.39, 0.29) is 17.3 Å². The van der Waals surface area contributed by atoms with Gasteiger partial charge in [-0.2, -0.15) is 13.2 Å². The number of aliphatic hydroxyl groups is 1. The van der Waals surface area contributed by atoms with Gasteiger partial charge in [-0.1, -0.05) is 17.4 Å². The van der Waals surface area contributed by atoms with E-state index in [4.69, 9.17) is 5.11 Å². The normalized spacial score (nSPS) is 12.1. The molecule has 2 rings (SSSR count). The largest absolute Gasteiger partial charge is 0.417 e. The van der Waals surface area contributed by atoms with Crippen LogP contribution in [-0.2, 0) is 16.0 Å². The lowest BCUT2D eigenvalue weighted by Gasteiger charge is -2.13. The summed E-state index contributed by atoms with van der Waals surface area (Å²) >= 11 is 0.977. The van der Waals surface area contributed by atoms with Gasteiger partial charge in [0.05, 0.1) is 21.0 Å². The number of alkyl halides is 3. The quantitative estimate of drug-likeness (QED) is 0.559. The molecule has 2 amide bonds. The molecule has 0 aliphatic heterocycles. The number of carbonyl (C=O) groups is 1. The highest BCUT2D eigenvalue weighted by Gasteiger charge is 2.36. The first kappa shape index (κ1) is 23.1. The average Bonchev–Trinajstić information content (AvgIpc) is 2.97. The van der Waals surface area contributed by atoms with E-state index in [1.165, 1.54) is 6.07 Å². The number of thiazole rings is 1. The number of anilines is 1. The Balaban J connectivity index is 2.28. The van der Waals surface area contributed by atoms with E-state index in [1.807, 2.05) is 0 Å². The van der Waals surface area contributed by atoms with E-state index in [0.717, 1.165) is 29.7 Å². The molecule has 7 nitrogen and oxygen atoms in total. The Morgan fingerprint density at radius 2 is 1.97 bits per heavy atom. The smallest absolute Gasteiger partial charge is 0.396 e. The molecule has 12 heteroatoms. The van der Waals surface area contributed by atoms with Crippen molar-refractivity contribution in [3.63, 3.8) is 0 Å². The average molecular weight is 451 g/mol. The Morgan fingerprint density at radius 3 is 2.55 bits per heavy atom. The molecule has 0 aliphatic rings. The zero-order chi connectivity index (χ0) is 21.8. The Kier molecular flexibility index (Phi) is 7.25. The van der Waals surface area contributed by atoms with Crippen molar-refractivity contribution in [2.45, 2.75) is 30.8 Å². The second-order valence-electron chi connectivity index (χ2n) is 6.23. The second-order valence-corrected chi connectivity index (χ2v) is 9.21. The number of urea groups is 1. The first-order valence-corrected chi connectivity index (χ1v) is 11.2. The molecule has 0 bridgehead atoms. The molecule has 1 aromatic heterocycles. The van der Waals surface area contributed by atoms with Crippen LogP contribution in [0.2, 0.25) is 0 Å². The van der Waals surface area contributed by atoms with Gasteiger partial charge < -0.3 is 10.4 Å². The van der Waals surface area contributed by atoms with E-state index in [9.17, 15) is 26.4 Å². The van der Waals surface area contributed by atoms with Crippen LogP contribution in [0.15, 0.2) is 23.1 Å². The van der Waals surface area contributed by atoms with Gasteiger partial charge in [-0.15, -0.1) is 0 Å². The molecule has 0 unspecified atom stereocenters.